The lowest BCUT2D eigenvalue weighted by Crippen LogP contribution is -2.27. The summed E-state index contributed by atoms with van der Waals surface area (Å²) in [6.45, 7) is 5.75. The van der Waals surface area contributed by atoms with Crippen LogP contribution in [0.15, 0.2) is 29.3 Å². The fourth-order valence-electron chi connectivity index (χ4n) is 2.17. The molecule has 20 heavy (non-hydrogen) atoms. The van der Waals surface area contributed by atoms with Gasteiger partial charge >= 0.3 is 0 Å². The van der Waals surface area contributed by atoms with Crippen LogP contribution in [-0.2, 0) is 10.0 Å². The fourth-order valence-corrected chi connectivity index (χ4v) is 3.42. The lowest BCUT2D eigenvalue weighted by molar-refractivity contribution is 0.567. The maximum absolute atomic E-state index is 12.2. The van der Waals surface area contributed by atoms with Crippen molar-refractivity contribution in [2.24, 2.45) is 0 Å². The molecular formula is C13H18N4O2S. The Balaban J connectivity index is 2.28. The first-order valence-corrected chi connectivity index (χ1v) is 7.68. The summed E-state index contributed by atoms with van der Waals surface area (Å²) in [7, 11) is -3.69. The van der Waals surface area contributed by atoms with Crippen LogP contribution in [0.1, 0.15) is 29.7 Å². The van der Waals surface area contributed by atoms with Crippen molar-refractivity contribution in [3.05, 3.63) is 41.1 Å². The predicted octanol–water partition coefficient (Wildman–Crippen LogP) is 1.65. The van der Waals surface area contributed by atoms with Gasteiger partial charge in [0, 0.05) is 6.04 Å². The molecule has 0 saturated carbocycles. The minimum atomic E-state index is -3.69. The lowest BCUT2D eigenvalue weighted by Gasteiger charge is -2.16. The Bertz CT molecular complexity index is 722. The Labute approximate surface area is 118 Å². The molecule has 6 nitrogen and oxygen atoms in total. The van der Waals surface area contributed by atoms with E-state index >= 15 is 0 Å². The van der Waals surface area contributed by atoms with E-state index in [0.29, 0.717) is 0 Å². The summed E-state index contributed by atoms with van der Waals surface area (Å²) in [6, 6.07) is 5.55. The quantitative estimate of drug-likeness (QED) is 0.798. The van der Waals surface area contributed by atoms with Gasteiger partial charge in [-0.05, 0) is 31.9 Å². The SMILES string of the molecule is Cc1ccc(C(C)NS(=O)(=O)c2cn[nH]c2N)c(C)c1. The molecule has 0 spiro atoms. The molecule has 1 heterocycles. The number of rotatable bonds is 4. The second-order valence-electron chi connectivity index (χ2n) is 4.85. The van der Waals surface area contributed by atoms with Gasteiger partial charge in [0.15, 0.2) is 0 Å². The maximum atomic E-state index is 12.2. The number of benzene rings is 1. The van der Waals surface area contributed by atoms with Gasteiger partial charge in [0.05, 0.1) is 6.20 Å². The van der Waals surface area contributed by atoms with Crippen molar-refractivity contribution in [2.45, 2.75) is 31.7 Å². The number of nitrogens with one attached hydrogen (secondary N) is 2. The third-order valence-electron chi connectivity index (χ3n) is 3.15. The van der Waals surface area contributed by atoms with Gasteiger partial charge in [0.2, 0.25) is 10.0 Å². The van der Waals surface area contributed by atoms with E-state index < -0.39 is 10.0 Å². The molecule has 0 aliphatic rings. The van der Waals surface area contributed by atoms with Gasteiger partial charge in [-0.2, -0.15) is 5.10 Å². The van der Waals surface area contributed by atoms with E-state index in [9.17, 15) is 8.42 Å². The zero-order valence-corrected chi connectivity index (χ0v) is 12.5. The number of hydrogen-bond donors (Lipinski definition) is 3. The van der Waals surface area contributed by atoms with Gasteiger partial charge in [0.1, 0.15) is 10.7 Å². The molecule has 1 unspecified atom stereocenters. The van der Waals surface area contributed by atoms with Crippen molar-refractivity contribution in [3.63, 3.8) is 0 Å². The number of sulfonamides is 1. The molecule has 0 aliphatic carbocycles. The van der Waals surface area contributed by atoms with E-state index in [1.165, 1.54) is 6.20 Å². The average molecular weight is 294 g/mol. The maximum Gasteiger partial charge on any atom is 0.246 e. The van der Waals surface area contributed by atoms with Crippen molar-refractivity contribution in [3.8, 4) is 0 Å². The number of aryl methyl sites for hydroxylation is 2. The van der Waals surface area contributed by atoms with Crippen molar-refractivity contribution in [2.75, 3.05) is 5.73 Å². The summed E-state index contributed by atoms with van der Waals surface area (Å²) in [5.41, 5.74) is 8.67. The number of hydrogen-bond acceptors (Lipinski definition) is 4. The number of H-pyrrole nitrogens is 1. The fraction of sp³-hybridized carbons (Fsp3) is 0.308. The highest BCUT2D eigenvalue weighted by atomic mass is 32.2. The van der Waals surface area contributed by atoms with Crippen LogP contribution in [0.3, 0.4) is 0 Å². The topological polar surface area (TPSA) is 101 Å². The second-order valence-corrected chi connectivity index (χ2v) is 6.53. The Morgan fingerprint density at radius 1 is 1.35 bits per heavy atom. The third-order valence-corrected chi connectivity index (χ3v) is 4.71. The first-order chi connectivity index (χ1) is 9.31. The lowest BCUT2D eigenvalue weighted by atomic mass is 10.0. The largest absolute Gasteiger partial charge is 0.383 e. The van der Waals surface area contributed by atoms with Crippen LogP contribution in [0, 0.1) is 13.8 Å². The van der Waals surface area contributed by atoms with Crippen molar-refractivity contribution in [1.29, 1.82) is 0 Å². The molecule has 0 amide bonds. The van der Waals surface area contributed by atoms with E-state index in [4.69, 9.17) is 5.73 Å². The number of nitrogens with two attached hydrogens (primary N) is 1. The molecule has 0 radical (unpaired) electrons. The van der Waals surface area contributed by atoms with Crippen LogP contribution in [0.2, 0.25) is 0 Å². The molecule has 7 heteroatoms. The number of nitrogen functional groups attached to an aromatic ring is 1. The van der Waals surface area contributed by atoms with Gasteiger partial charge in [-0.25, -0.2) is 13.1 Å². The smallest absolute Gasteiger partial charge is 0.246 e. The molecule has 1 aromatic heterocycles. The van der Waals surface area contributed by atoms with Gasteiger partial charge in [-0.3, -0.25) is 5.10 Å². The summed E-state index contributed by atoms with van der Waals surface area (Å²) >= 11 is 0. The molecule has 108 valence electrons. The van der Waals surface area contributed by atoms with E-state index in [0.717, 1.165) is 16.7 Å². The summed E-state index contributed by atoms with van der Waals surface area (Å²) in [5, 5.41) is 6.04. The van der Waals surface area contributed by atoms with Crippen LogP contribution < -0.4 is 10.5 Å². The van der Waals surface area contributed by atoms with Gasteiger partial charge in [-0.15, -0.1) is 0 Å². The minimum Gasteiger partial charge on any atom is -0.383 e. The number of aromatic amines is 1. The number of nitrogens with zero attached hydrogens (tertiary/aromatic N) is 1. The van der Waals surface area contributed by atoms with Crippen LogP contribution in [-0.4, -0.2) is 18.6 Å². The molecule has 1 atom stereocenters. The summed E-state index contributed by atoms with van der Waals surface area (Å²) in [4.78, 5) is -0.0332. The van der Waals surface area contributed by atoms with Crippen molar-refractivity contribution in [1.82, 2.24) is 14.9 Å². The molecule has 4 N–H and O–H groups in total. The van der Waals surface area contributed by atoms with E-state index in [1.807, 2.05) is 32.0 Å². The molecule has 0 aliphatic heterocycles. The summed E-state index contributed by atoms with van der Waals surface area (Å²) in [5.74, 6) is 0.0327. The van der Waals surface area contributed by atoms with E-state index in [2.05, 4.69) is 14.9 Å². The highest BCUT2D eigenvalue weighted by Gasteiger charge is 2.22. The molecule has 0 bridgehead atoms. The molecule has 0 fully saturated rings. The molecule has 0 saturated heterocycles. The Hall–Kier alpha value is -1.86. The van der Waals surface area contributed by atoms with Crippen LogP contribution in [0.25, 0.3) is 0 Å². The minimum absolute atomic E-state index is 0.0327. The molecule has 2 rings (SSSR count). The molecule has 1 aromatic carbocycles. The first-order valence-electron chi connectivity index (χ1n) is 6.19. The zero-order chi connectivity index (χ0) is 14.9. The van der Waals surface area contributed by atoms with E-state index in [1.54, 1.807) is 6.92 Å². The summed E-state index contributed by atoms with van der Waals surface area (Å²) < 4.78 is 27.1. The normalized spacial score (nSPS) is 13.3. The predicted molar refractivity (Wildman–Crippen MR) is 77.7 cm³/mol. The van der Waals surface area contributed by atoms with Gasteiger partial charge < -0.3 is 5.73 Å². The third kappa shape index (κ3) is 2.83. The Morgan fingerprint density at radius 3 is 2.60 bits per heavy atom. The summed E-state index contributed by atoms with van der Waals surface area (Å²) in [6.07, 6.45) is 1.20. The van der Waals surface area contributed by atoms with E-state index in [-0.39, 0.29) is 16.8 Å². The highest BCUT2D eigenvalue weighted by Crippen LogP contribution is 2.22. The standard InChI is InChI=1S/C13H18N4O2S/c1-8-4-5-11(9(2)6-8)10(3)17-20(18,19)12-7-15-16-13(12)14/h4-7,10,17H,1-3H3,(H3,14,15,16). The van der Waals surface area contributed by atoms with Crippen molar-refractivity contribution < 1.29 is 8.42 Å². The highest BCUT2D eigenvalue weighted by molar-refractivity contribution is 7.89. The molecule has 2 aromatic rings. The van der Waals surface area contributed by atoms with Gasteiger partial charge in [-0.1, -0.05) is 23.8 Å². The van der Waals surface area contributed by atoms with Crippen LogP contribution >= 0.6 is 0 Å². The monoisotopic (exact) mass is 294 g/mol. The zero-order valence-electron chi connectivity index (χ0n) is 11.6. The average Bonchev–Trinajstić information content (AvgIpc) is 2.75. The first kappa shape index (κ1) is 14.5. The Kier molecular flexibility index (Phi) is 3.82. The van der Waals surface area contributed by atoms with Crippen LogP contribution in [0.4, 0.5) is 5.82 Å². The van der Waals surface area contributed by atoms with Crippen LogP contribution in [0.5, 0.6) is 0 Å². The second kappa shape index (κ2) is 5.26. The Morgan fingerprint density at radius 2 is 2.05 bits per heavy atom. The number of anilines is 1. The number of aromatic nitrogens is 2. The van der Waals surface area contributed by atoms with Crippen molar-refractivity contribution >= 4 is 15.8 Å². The van der Waals surface area contributed by atoms with Gasteiger partial charge in [0.25, 0.3) is 0 Å². The molecular weight excluding hydrogens is 276 g/mol.